The quantitative estimate of drug-likeness (QED) is 0.618. The first-order chi connectivity index (χ1) is 7.69. The fourth-order valence-electron chi connectivity index (χ4n) is 3.96. The summed E-state index contributed by atoms with van der Waals surface area (Å²) >= 11 is 0. The summed E-state index contributed by atoms with van der Waals surface area (Å²) in [6.45, 7) is 17.9. The first-order valence-corrected chi connectivity index (χ1v) is 6.84. The lowest BCUT2D eigenvalue weighted by molar-refractivity contribution is -1.12. The molecule has 0 N–H and O–H groups in total. The molecule has 4 heteroatoms. The Morgan fingerprint density at radius 1 is 0.812 bits per heavy atom. The fourth-order valence-corrected chi connectivity index (χ4v) is 3.96. The van der Waals surface area contributed by atoms with Gasteiger partial charge in [-0.05, 0) is 13.8 Å². The molecule has 0 saturated carbocycles. The molecule has 0 amide bonds. The van der Waals surface area contributed by atoms with E-state index in [4.69, 9.17) is 0 Å². The summed E-state index contributed by atoms with van der Waals surface area (Å²) in [6, 6.07) is 0. The third-order valence-corrected chi connectivity index (χ3v) is 5.06. The van der Waals surface area contributed by atoms with Crippen molar-refractivity contribution in [2.75, 3.05) is 65.9 Å². The van der Waals surface area contributed by atoms with Crippen molar-refractivity contribution in [3.63, 3.8) is 0 Å². The molecular weight excluding hydrogens is 200 g/mol. The molecule has 0 spiro atoms. The molecule has 3 fully saturated rings. The Hall–Kier alpha value is -0.160. The van der Waals surface area contributed by atoms with Crippen LogP contribution in [0.25, 0.3) is 0 Å². The maximum absolute atomic E-state index is 2.72. The lowest BCUT2D eigenvalue weighted by Crippen LogP contribution is -2.71. The lowest BCUT2D eigenvalue weighted by atomic mass is 10.3. The van der Waals surface area contributed by atoms with Gasteiger partial charge in [0, 0.05) is 13.1 Å². The number of rotatable bonds is 2. The van der Waals surface area contributed by atoms with Gasteiger partial charge in [0.05, 0.1) is 26.2 Å². The summed E-state index contributed by atoms with van der Waals surface area (Å²) < 4.78 is 2.65. The van der Waals surface area contributed by atoms with Crippen molar-refractivity contribution in [3.05, 3.63) is 0 Å². The summed E-state index contributed by atoms with van der Waals surface area (Å²) in [5, 5.41) is 0. The fraction of sp³-hybridized carbons (Fsp3) is 1.00. The molecule has 0 aromatic rings. The van der Waals surface area contributed by atoms with Crippen molar-refractivity contribution < 1.29 is 8.97 Å². The Labute approximate surface area is 99.2 Å². The molecule has 0 aromatic carbocycles. The highest BCUT2D eigenvalue weighted by atomic mass is 15.7. The Morgan fingerprint density at radius 3 is 2.19 bits per heavy atom. The van der Waals surface area contributed by atoms with Crippen LogP contribution in [-0.2, 0) is 0 Å². The molecule has 92 valence electrons. The van der Waals surface area contributed by atoms with Crippen molar-refractivity contribution in [1.29, 1.82) is 0 Å². The first kappa shape index (κ1) is 11.0. The van der Waals surface area contributed by atoms with E-state index in [9.17, 15) is 0 Å². The monoisotopic (exact) mass is 226 g/mol. The van der Waals surface area contributed by atoms with Crippen molar-refractivity contribution in [2.45, 2.75) is 13.8 Å². The van der Waals surface area contributed by atoms with E-state index in [1.165, 1.54) is 74.9 Å². The molecule has 3 saturated heterocycles. The number of quaternary nitrogens is 2. The van der Waals surface area contributed by atoms with Crippen LogP contribution in [0.4, 0.5) is 0 Å². The number of hydrogen-bond donors (Lipinski definition) is 0. The van der Waals surface area contributed by atoms with Gasteiger partial charge >= 0.3 is 0 Å². The summed E-state index contributed by atoms with van der Waals surface area (Å²) in [4.78, 5) is 5.42. The smallest absolute Gasteiger partial charge is 0.210 e. The van der Waals surface area contributed by atoms with Gasteiger partial charge in [0.1, 0.15) is 20.0 Å². The maximum atomic E-state index is 2.72. The second-order valence-electron chi connectivity index (χ2n) is 6.12. The third-order valence-electron chi connectivity index (χ3n) is 5.06. The lowest BCUT2D eigenvalue weighted by Gasteiger charge is -2.51. The minimum Gasteiger partial charge on any atom is -0.264 e. The van der Waals surface area contributed by atoms with Crippen LogP contribution in [0.2, 0.25) is 0 Å². The van der Waals surface area contributed by atoms with E-state index < -0.39 is 0 Å². The number of likely N-dealkylation sites (N-methyl/N-ethyl adjacent to an activating group) is 1. The van der Waals surface area contributed by atoms with Crippen molar-refractivity contribution in [1.82, 2.24) is 9.80 Å². The second-order valence-corrected chi connectivity index (χ2v) is 6.12. The SMILES string of the molecule is CC[N+]12CCN3CCN(C1)C[N+](CC)(C3)C2. The molecule has 0 radical (unpaired) electrons. The van der Waals surface area contributed by atoms with Crippen molar-refractivity contribution in [2.24, 2.45) is 0 Å². The van der Waals surface area contributed by atoms with Crippen molar-refractivity contribution in [3.8, 4) is 0 Å². The molecule has 4 nitrogen and oxygen atoms in total. The molecule has 3 aliphatic heterocycles. The largest absolute Gasteiger partial charge is 0.264 e. The highest BCUT2D eigenvalue weighted by molar-refractivity contribution is 4.68. The van der Waals surface area contributed by atoms with E-state index in [1.54, 1.807) is 0 Å². The first-order valence-electron chi connectivity index (χ1n) is 6.84. The predicted molar refractivity (Wildman–Crippen MR) is 64.2 cm³/mol. The molecule has 0 aliphatic carbocycles. The molecule has 0 aromatic heterocycles. The van der Waals surface area contributed by atoms with Gasteiger partial charge in [-0.3, -0.25) is 8.97 Å². The minimum absolute atomic E-state index is 1.29. The van der Waals surface area contributed by atoms with Crippen LogP contribution in [0.15, 0.2) is 0 Å². The Bertz CT molecular complexity index is 280. The van der Waals surface area contributed by atoms with Crippen molar-refractivity contribution >= 4 is 0 Å². The molecule has 16 heavy (non-hydrogen) atoms. The van der Waals surface area contributed by atoms with E-state index >= 15 is 0 Å². The zero-order valence-corrected chi connectivity index (χ0v) is 10.9. The average Bonchev–Trinajstić information content (AvgIpc) is 2.51. The topological polar surface area (TPSA) is 6.48 Å². The molecule has 4 bridgehead atoms. The van der Waals surface area contributed by atoms with E-state index in [0.29, 0.717) is 0 Å². The van der Waals surface area contributed by atoms with Crippen LogP contribution < -0.4 is 0 Å². The van der Waals surface area contributed by atoms with Gasteiger partial charge in [-0.2, -0.15) is 0 Å². The van der Waals surface area contributed by atoms with Gasteiger partial charge in [-0.15, -0.1) is 0 Å². The van der Waals surface area contributed by atoms with Gasteiger partial charge in [-0.25, -0.2) is 9.80 Å². The van der Waals surface area contributed by atoms with Gasteiger partial charge in [-0.1, -0.05) is 0 Å². The standard InChI is InChI=1S/C12H26N4/c1-3-15-8-7-13-5-6-14(10-15)11-16(4-2,9-13)12-15/h3-12H2,1-2H3/q+2. The summed E-state index contributed by atoms with van der Waals surface area (Å²) in [5.74, 6) is 0. The van der Waals surface area contributed by atoms with Crippen LogP contribution in [0.3, 0.4) is 0 Å². The maximum Gasteiger partial charge on any atom is 0.210 e. The predicted octanol–water partition coefficient (Wildman–Crippen LogP) is 0.135. The van der Waals surface area contributed by atoms with Gasteiger partial charge < -0.3 is 0 Å². The number of fused-ring (bicyclic) bond motifs is 3. The van der Waals surface area contributed by atoms with Gasteiger partial charge in [0.2, 0.25) is 6.67 Å². The van der Waals surface area contributed by atoms with Crippen LogP contribution in [-0.4, -0.2) is 84.7 Å². The molecular formula is C12H26N4+2. The number of nitrogens with zero attached hydrogens (tertiary/aromatic N) is 4. The molecule has 3 rings (SSSR count). The second kappa shape index (κ2) is 3.67. The van der Waals surface area contributed by atoms with E-state index in [0.717, 1.165) is 0 Å². The molecule has 4 unspecified atom stereocenters. The van der Waals surface area contributed by atoms with Crippen LogP contribution in [0, 0.1) is 0 Å². The van der Waals surface area contributed by atoms with Gasteiger partial charge in [0.25, 0.3) is 0 Å². The Balaban J connectivity index is 1.98. The zero-order valence-electron chi connectivity index (χ0n) is 10.9. The summed E-state index contributed by atoms with van der Waals surface area (Å²) in [6.07, 6.45) is 0. The average molecular weight is 226 g/mol. The highest BCUT2D eigenvalue weighted by Crippen LogP contribution is 2.29. The van der Waals surface area contributed by atoms with E-state index in [2.05, 4.69) is 23.6 Å². The van der Waals surface area contributed by atoms with Gasteiger partial charge in [0.15, 0.2) is 0 Å². The van der Waals surface area contributed by atoms with Crippen LogP contribution >= 0.6 is 0 Å². The van der Waals surface area contributed by atoms with Crippen LogP contribution in [0.5, 0.6) is 0 Å². The highest BCUT2D eigenvalue weighted by Gasteiger charge is 2.50. The minimum atomic E-state index is 1.29. The number of hydrogen-bond acceptors (Lipinski definition) is 2. The summed E-state index contributed by atoms with van der Waals surface area (Å²) in [7, 11) is 0. The zero-order chi connectivity index (χ0) is 11.2. The molecule has 3 aliphatic rings. The molecule has 4 atom stereocenters. The van der Waals surface area contributed by atoms with E-state index in [1.807, 2.05) is 0 Å². The molecule has 3 heterocycles. The Kier molecular flexibility index (Phi) is 2.51. The van der Waals surface area contributed by atoms with E-state index in [-0.39, 0.29) is 0 Å². The van der Waals surface area contributed by atoms with Crippen LogP contribution in [0.1, 0.15) is 13.8 Å². The summed E-state index contributed by atoms with van der Waals surface area (Å²) in [5.41, 5.74) is 0. The Morgan fingerprint density at radius 2 is 1.44 bits per heavy atom. The third kappa shape index (κ3) is 1.59. The normalized spacial score (nSPS) is 51.4.